The molecule has 0 aliphatic carbocycles. The van der Waals surface area contributed by atoms with Gasteiger partial charge in [-0.2, -0.15) is 0 Å². The van der Waals surface area contributed by atoms with Gasteiger partial charge in [0.15, 0.2) is 11.5 Å². The number of aryl methyl sites for hydroxylation is 1. The average molecular weight is 409 g/mol. The van der Waals surface area contributed by atoms with E-state index in [0.717, 1.165) is 37.9 Å². The van der Waals surface area contributed by atoms with E-state index in [1.165, 1.54) is 27.7 Å². The van der Waals surface area contributed by atoms with Gasteiger partial charge >= 0.3 is 0 Å². The molecule has 4 rings (SSSR count). The van der Waals surface area contributed by atoms with Crippen LogP contribution in [0.2, 0.25) is 0 Å². The van der Waals surface area contributed by atoms with Crippen LogP contribution in [-0.4, -0.2) is 44.3 Å². The highest BCUT2D eigenvalue weighted by Crippen LogP contribution is 2.44. The molecule has 0 saturated heterocycles. The second-order valence-electron chi connectivity index (χ2n) is 7.90. The molecule has 1 aliphatic heterocycles. The molecule has 1 aliphatic rings. The fourth-order valence-electron chi connectivity index (χ4n) is 4.77. The number of nitrogens with zero attached hydrogens (tertiary/aromatic N) is 1. The van der Waals surface area contributed by atoms with E-state index in [2.05, 4.69) is 54.1 Å². The number of hydrogen-bond donors (Lipinski definition) is 1. The summed E-state index contributed by atoms with van der Waals surface area (Å²) in [5.74, 6) is 2.02. The average Bonchev–Trinajstić information content (AvgIpc) is 3.15. The molecule has 0 bridgehead atoms. The van der Waals surface area contributed by atoms with Crippen molar-refractivity contribution in [2.75, 3.05) is 34.4 Å². The van der Waals surface area contributed by atoms with Gasteiger partial charge in [0.25, 0.3) is 0 Å². The summed E-state index contributed by atoms with van der Waals surface area (Å²) in [5.41, 5.74) is 6.47. The molecule has 1 unspecified atom stereocenters. The van der Waals surface area contributed by atoms with Crippen molar-refractivity contribution in [1.29, 1.82) is 0 Å². The highest BCUT2D eigenvalue weighted by Gasteiger charge is 2.32. The van der Waals surface area contributed by atoms with Gasteiger partial charge in [0.05, 0.1) is 27.4 Å². The maximum absolute atomic E-state index is 5.65. The summed E-state index contributed by atoms with van der Waals surface area (Å²) in [6.45, 7) is 6.52. The minimum absolute atomic E-state index is 0.125. The van der Waals surface area contributed by atoms with Crippen LogP contribution in [0.3, 0.4) is 0 Å². The molecule has 0 saturated carbocycles. The van der Waals surface area contributed by atoms with Crippen LogP contribution >= 0.6 is 0 Å². The largest absolute Gasteiger partial charge is 0.493 e. The summed E-state index contributed by atoms with van der Waals surface area (Å²) in [5, 5.41) is 1.36. The quantitative estimate of drug-likeness (QED) is 0.590. The van der Waals surface area contributed by atoms with E-state index in [0.29, 0.717) is 17.2 Å². The van der Waals surface area contributed by atoms with Gasteiger partial charge in [0.2, 0.25) is 5.75 Å². The molecular formula is C25H32N2O3. The van der Waals surface area contributed by atoms with E-state index >= 15 is 0 Å². The lowest BCUT2D eigenvalue weighted by Gasteiger charge is -2.36. The number of rotatable bonds is 7. The van der Waals surface area contributed by atoms with E-state index in [9.17, 15) is 0 Å². The van der Waals surface area contributed by atoms with Gasteiger partial charge < -0.3 is 19.2 Å². The Hall–Kier alpha value is -2.66. The van der Waals surface area contributed by atoms with Gasteiger partial charge in [-0.1, -0.05) is 19.9 Å². The molecule has 1 N–H and O–H groups in total. The lowest BCUT2D eigenvalue weighted by atomic mass is 9.91. The Kier molecular flexibility index (Phi) is 5.91. The lowest BCUT2D eigenvalue weighted by Crippen LogP contribution is -2.36. The number of nitrogens with one attached hydrogen (secondary N) is 1. The van der Waals surface area contributed by atoms with Crippen molar-refractivity contribution in [3.05, 3.63) is 52.7 Å². The molecule has 5 nitrogen and oxygen atoms in total. The summed E-state index contributed by atoms with van der Waals surface area (Å²) >= 11 is 0. The molecule has 1 atom stereocenters. The van der Waals surface area contributed by atoms with Gasteiger partial charge in [-0.15, -0.1) is 0 Å². The van der Waals surface area contributed by atoms with Crippen molar-refractivity contribution < 1.29 is 14.2 Å². The van der Waals surface area contributed by atoms with Crippen molar-refractivity contribution in [1.82, 2.24) is 9.88 Å². The minimum Gasteiger partial charge on any atom is -0.493 e. The zero-order chi connectivity index (χ0) is 21.3. The highest BCUT2D eigenvalue weighted by atomic mass is 16.5. The zero-order valence-electron chi connectivity index (χ0n) is 18.7. The van der Waals surface area contributed by atoms with Crippen LogP contribution in [-0.2, 0) is 12.8 Å². The molecule has 2 heterocycles. The predicted molar refractivity (Wildman–Crippen MR) is 121 cm³/mol. The van der Waals surface area contributed by atoms with E-state index < -0.39 is 0 Å². The number of hydrogen-bond acceptors (Lipinski definition) is 4. The highest BCUT2D eigenvalue weighted by molar-refractivity contribution is 5.86. The Morgan fingerprint density at radius 2 is 1.73 bits per heavy atom. The summed E-state index contributed by atoms with van der Waals surface area (Å²) in [4.78, 5) is 6.31. The topological polar surface area (TPSA) is 46.7 Å². The number of ether oxygens (including phenoxy) is 3. The molecule has 3 aromatic rings. The molecule has 1 aromatic heterocycles. The molecular weight excluding hydrogens is 376 g/mol. The summed E-state index contributed by atoms with van der Waals surface area (Å²) < 4.78 is 16.8. The maximum atomic E-state index is 5.65. The number of H-pyrrole nitrogens is 1. The van der Waals surface area contributed by atoms with E-state index in [-0.39, 0.29) is 6.04 Å². The third-order valence-corrected chi connectivity index (χ3v) is 6.21. The smallest absolute Gasteiger partial charge is 0.203 e. The number of aromatic amines is 1. The SMILES string of the molecule is CCCN1CCc2c([nH]c3ccc(CC)cc23)C1c1cc(OC)c(OC)c(OC)c1. The Balaban J connectivity index is 1.91. The summed E-state index contributed by atoms with van der Waals surface area (Å²) in [6.07, 6.45) is 3.22. The van der Waals surface area contributed by atoms with Crippen LogP contribution in [0, 0.1) is 0 Å². The van der Waals surface area contributed by atoms with Crippen molar-refractivity contribution in [3.8, 4) is 17.2 Å². The Labute approximate surface area is 178 Å². The van der Waals surface area contributed by atoms with Crippen LogP contribution in [0.5, 0.6) is 17.2 Å². The molecule has 0 amide bonds. The number of aromatic nitrogens is 1. The van der Waals surface area contributed by atoms with Crippen LogP contribution in [0.4, 0.5) is 0 Å². The van der Waals surface area contributed by atoms with E-state index in [4.69, 9.17) is 14.2 Å². The third-order valence-electron chi connectivity index (χ3n) is 6.21. The van der Waals surface area contributed by atoms with Gasteiger partial charge in [0.1, 0.15) is 0 Å². The lowest BCUT2D eigenvalue weighted by molar-refractivity contribution is 0.210. The van der Waals surface area contributed by atoms with Gasteiger partial charge in [-0.3, -0.25) is 4.90 Å². The van der Waals surface area contributed by atoms with Gasteiger partial charge in [-0.05, 0) is 66.8 Å². The first-order valence-corrected chi connectivity index (χ1v) is 10.8. The molecule has 160 valence electrons. The Morgan fingerprint density at radius 1 is 1.00 bits per heavy atom. The molecule has 30 heavy (non-hydrogen) atoms. The number of fused-ring (bicyclic) bond motifs is 3. The van der Waals surface area contributed by atoms with Crippen LogP contribution in [0.25, 0.3) is 10.9 Å². The molecule has 0 spiro atoms. The van der Waals surface area contributed by atoms with Crippen LogP contribution in [0.15, 0.2) is 30.3 Å². The van der Waals surface area contributed by atoms with Crippen LogP contribution in [0.1, 0.15) is 48.7 Å². The number of methoxy groups -OCH3 is 3. The van der Waals surface area contributed by atoms with Crippen molar-refractivity contribution in [2.45, 2.75) is 39.2 Å². The fraction of sp³-hybridized carbons (Fsp3) is 0.440. The van der Waals surface area contributed by atoms with Crippen molar-refractivity contribution in [2.24, 2.45) is 0 Å². The van der Waals surface area contributed by atoms with Crippen LogP contribution < -0.4 is 14.2 Å². The second kappa shape index (κ2) is 8.60. The fourth-order valence-corrected chi connectivity index (χ4v) is 4.77. The number of benzene rings is 2. The molecule has 0 radical (unpaired) electrons. The monoisotopic (exact) mass is 408 g/mol. The first-order valence-electron chi connectivity index (χ1n) is 10.8. The van der Waals surface area contributed by atoms with Gasteiger partial charge in [-0.25, -0.2) is 0 Å². The van der Waals surface area contributed by atoms with Crippen molar-refractivity contribution in [3.63, 3.8) is 0 Å². The standard InChI is InChI=1S/C25H32N2O3/c1-6-11-27-12-10-18-19-13-16(7-2)8-9-20(19)26-23(18)24(27)17-14-21(28-3)25(30-5)22(15-17)29-4/h8-9,13-15,24,26H,6-7,10-12H2,1-5H3. The summed E-state index contributed by atoms with van der Waals surface area (Å²) in [6, 6.07) is 11.1. The second-order valence-corrected chi connectivity index (χ2v) is 7.90. The first kappa shape index (κ1) is 20.6. The third kappa shape index (κ3) is 3.41. The Morgan fingerprint density at radius 3 is 2.33 bits per heavy atom. The first-order chi connectivity index (χ1) is 14.6. The van der Waals surface area contributed by atoms with Crippen molar-refractivity contribution >= 4 is 10.9 Å². The summed E-state index contributed by atoms with van der Waals surface area (Å²) in [7, 11) is 4.99. The zero-order valence-corrected chi connectivity index (χ0v) is 18.7. The normalized spacial score (nSPS) is 16.5. The molecule has 5 heteroatoms. The Bertz CT molecular complexity index is 1020. The minimum atomic E-state index is 0.125. The molecule has 0 fully saturated rings. The van der Waals surface area contributed by atoms with E-state index in [1.54, 1.807) is 21.3 Å². The predicted octanol–water partition coefficient (Wildman–Crippen LogP) is 5.11. The maximum Gasteiger partial charge on any atom is 0.203 e. The molecule has 2 aromatic carbocycles. The van der Waals surface area contributed by atoms with Gasteiger partial charge in [0, 0.05) is 23.1 Å². The van der Waals surface area contributed by atoms with E-state index in [1.807, 2.05) is 0 Å².